The van der Waals surface area contributed by atoms with Gasteiger partial charge in [0.15, 0.2) is 0 Å². The highest BCUT2D eigenvalue weighted by Gasteiger charge is 2.09. The standard InChI is InChI=1S/C11H11Cl2NO2/c1-15-4-2-3-8-5-9(12)10(13)6-11(8)16-7-14/h5-6H,2-4H2,1H3. The van der Waals surface area contributed by atoms with E-state index in [4.69, 9.17) is 37.9 Å². The number of ether oxygens (including phenoxy) is 2. The van der Waals surface area contributed by atoms with Crippen LogP contribution >= 0.6 is 23.2 Å². The minimum absolute atomic E-state index is 0.377. The van der Waals surface area contributed by atoms with Crippen LogP contribution in [-0.2, 0) is 11.2 Å². The molecule has 86 valence electrons. The van der Waals surface area contributed by atoms with Gasteiger partial charge in [-0.3, -0.25) is 0 Å². The van der Waals surface area contributed by atoms with Crippen LogP contribution in [0.1, 0.15) is 12.0 Å². The van der Waals surface area contributed by atoms with Gasteiger partial charge < -0.3 is 9.47 Å². The van der Waals surface area contributed by atoms with Crippen molar-refractivity contribution in [1.82, 2.24) is 0 Å². The molecule has 0 aliphatic heterocycles. The second-order valence-corrected chi connectivity index (χ2v) is 3.98. The molecule has 0 fully saturated rings. The van der Waals surface area contributed by atoms with Crippen molar-refractivity contribution in [2.24, 2.45) is 0 Å². The summed E-state index contributed by atoms with van der Waals surface area (Å²) < 4.78 is 9.78. The van der Waals surface area contributed by atoms with E-state index in [0.717, 1.165) is 18.4 Å². The van der Waals surface area contributed by atoms with E-state index in [1.807, 2.05) is 0 Å². The van der Waals surface area contributed by atoms with Crippen molar-refractivity contribution >= 4 is 23.2 Å². The Morgan fingerprint density at radius 1 is 1.31 bits per heavy atom. The van der Waals surface area contributed by atoms with Gasteiger partial charge in [-0.15, -0.1) is 5.26 Å². The second-order valence-electron chi connectivity index (χ2n) is 3.16. The molecule has 0 amide bonds. The molecule has 0 aliphatic rings. The Morgan fingerprint density at radius 3 is 2.62 bits per heavy atom. The van der Waals surface area contributed by atoms with Gasteiger partial charge in [0.05, 0.1) is 10.0 Å². The number of benzene rings is 1. The molecule has 0 bridgehead atoms. The molecule has 1 rings (SSSR count). The molecule has 3 nitrogen and oxygen atoms in total. The maximum Gasteiger partial charge on any atom is 0.292 e. The second kappa shape index (κ2) is 6.59. The van der Waals surface area contributed by atoms with Crippen LogP contribution < -0.4 is 4.74 Å². The number of hydrogen-bond acceptors (Lipinski definition) is 3. The van der Waals surface area contributed by atoms with E-state index < -0.39 is 0 Å². The van der Waals surface area contributed by atoms with E-state index in [1.165, 1.54) is 0 Å². The van der Waals surface area contributed by atoms with E-state index in [2.05, 4.69) is 0 Å². The lowest BCUT2D eigenvalue weighted by molar-refractivity contribution is 0.195. The third-order valence-corrected chi connectivity index (χ3v) is 2.78. The van der Waals surface area contributed by atoms with Gasteiger partial charge in [0.25, 0.3) is 6.26 Å². The van der Waals surface area contributed by atoms with Crippen LogP contribution in [0.25, 0.3) is 0 Å². The first-order valence-corrected chi connectivity index (χ1v) is 5.47. The molecule has 0 atom stereocenters. The number of nitriles is 1. The van der Waals surface area contributed by atoms with Crippen molar-refractivity contribution in [3.05, 3.63) is 27.7 Å². The summed E-state index contributed by atoms with van der Waals surface area (Å²) in [7, 11) is 1.64. The van der Waals surface area contributed by atoms with E-state index in [-0.39, 0.29) is 0 Å². The predicted molar refractivity (Wildman–Crippen MR) is 62.9 cm³/mol. The van der Waals surface area contributed by atoms with E-state index >= 15 is 0 Å². The summed E-state index contributed by atoms with van der Waals surface area (Å²) in [5.74, 6) is 0.452. The van der Waals surface area contributed by atoms with E-state index in [9.17, 15) is 0 Å². The summed E-state index contributed by atoms with van der Waals surface area (Å²) >= 11 is 11.7. The number of nitrogens with zero attached hydrogens (tertiary/aromatic N) is 1. The highest BCUT2D eigenvalue weighted by atomic mass is 35.5. The number of methoxy groups -OCH3 is 1. The Labute approximate surface area is 104 Å². The van der Waals surface area contributed by atoms with Crippen LogP contribution in [0.2, 0.25) is 10.0 Å². The fourth-order valence-electron chi connectivity index (χ4n) is 1.32. The zero-order valence-corrected chi connectivity index (χ0v) is 10.3. The molecule has 5 heteroatoms. The molecule has 0 aliphatic carbocycles. The summed E-state index contributed by atoms with van der Waals surface area (Å²) in [6.07, 6.45) is 3.18. The highest BCUT2D eigenvalue weighted by molar-refractivity contribution is 6.42. The lowest BCUT2D eigenvalue weighted by Crippen LogP contribution is -1.96. The van der Waals surface area contributed by atoms with Gasteiger partial charge in [-0.2, -0.15) is 0 Å². The first kappa shape index (κ1) is 13.1. The van der Waals surface area contributed by atoms with E-state index in [0.29, 0.717) is 22.4 Å². The van der Waals surface area contributed by atoms with Crippen LogP contribution in [0.4, 0.5) is 0 Å². The summed E-state index contributed by atoms with van der Waals surface area (Å²) in [6, 6.07) is 3.27. The Hall–Kier alpha value is -0.950. The van der Waals surface area contributed by atoms with Crippen molar-refractivity contribution < 1.29 is 9.47 Å². The molecule has 1 aromatic rings. The summed E-state index contributed by atoms with van der Waals surface area (Å²) in [4.78, 5) is 0. The summed E-state index contributed by atoms with van der Waals surface area (Å²) in [5, 5.41) is 9.34. The average Bonchev–Trinajstić information content (AvgIpc) is 2.25. The minimum atomic E-state index is 0.377. The molecule has 16 heavy (non-hydrogen) atoms. The third-order valence-electron chi connectivity index (χ3n) is 2.05. The fraction of sp³-hybridized carbons (Fsp3) is 0.364. The zero-order chi connectivity index (χ0) is 12.0. The normalized spacial score (nSPS) is 9.88. The highest BCUT2D eigenvalue weighted by Crippen LogP contribution is 2.31. The van der Waals surface area contributed by atoms with Crippen molar-refractivity contribution in [1.29, 1.82) is 5.26 Å². The molecular formula is C11H11Cl2NO2. The largest absolute Gasteiger partial charge is 0.388 e. The van der Waals surface area contributed by atoms with Gasteiger partial charge >= 0.3 is 0 Å². The Balaban J connectivity index is 2.87. The minimum Gasteiger partial charge on any atom is -0.388 e. The average molecular weight is 260 g/mol. The van der Waals surface area contributed by atoms with Gasteiger partial charge in [0.1, 0.15) is 5.75 Å². The van der Waals surface area contributed by atoms with Crippen LogP contribution in [0.15, 0.2) is 12.1 Å². The predicted octanol–water partition coefficient (Wildman–Crippen LogP) is 3.43. The third kappa shape index (κ3) is 3.57. The van der Waals surface area contributed by atoms with Crippen LogP contribution in [0.3, 0.4) is 0 Å². The molecule has 0 radical (unpaired) electrons. The topological polar surface area (TPSA) is 42.2 Å². The van der Waals surface area contributed by atoms with Gasteiger partial charge in [-0.25, -0.2) is 0 Å². The molecule has 0 unspecified atom stereocenters. The maximum atomic E-state index is 8.50. The van der Waals surface area contributed by atoms with Crippen molar-refractivity contribution in [2.45, 2.75) is 12.8 Å². The van der Waals surface area contributed by atoms with Gasteiger partial charge in [-0.05, 0) is 24.5 Å². The molecule has 0 N–H and O–H groups in total. The van der Waals surface area contributed by atoms with Gasteiger partial charge in [-0.1, -0.05) is 23.2 Å². The molecule has 0 aromatic heterocycles. The number of rotatable bonds is 5. The summed E-state index contributed by atoms with van der Waals surface area (Å²) in [5.41, 5.74) is 0.855. The first-order chi connectivity index (χ1) is 7.69. The van der Waals surface area contributed by atoms with Crippen LogP contribution in [-0.4, -0.2) is 13.7 Å². The van der Waals surface area contributed by atoms with Crippen LogP contribution in [0.5, 0.6) is 5.75 Å². The number of halogens is 2. The van der Waals surface area contributed by atoms with Crippen molar-refractivity contribution in [3.63, 3.8) is 0 Å². The fourth-order valence-corrected chi connectivity index (χ4v) is 1.66. The lowest BCUT2D eigenvalue weighted by Gasteiger charge is -2.08. The maximum absolute atomic E-state index is 8.50. The quantitative estimate of drug-likeness (QED) is 0.601. The first-order valence-electron chi connectivity index (χ1n) is 4.71. The molecular weight excluding hydrogens is 249 g/mol. The molecule has 0 saturated carbocycles. The molecule has 0 spiro atoms. The van der Waals surface area contributed by atoms with Crippen molar-refractivity contribution in [3.8, 4) is 12.0 Å². The van der Waals surface area contributed by atoms with E-state index in [1.54, 1.807) is 25.5 Å². The smallest absolute Gasteiger partial charge is 0.292 e. The molecule has 0 saturated heterocycles. The Kier molecular flexibility index (Phi) is 5.41. The van der Waals surface area contributed by atoms with Crippen LogP contribution in [0, 0.1) is 11.5 Å². The monoisotopic (exact) mass is 259 g/mol. The Morgan fingerprint density at radius 2 is 2.00 bits per heavy atom. The SMILES string of the molecule is COCCCc1cc(Cl)c(Cl)cc1OC#N. The van der Waals surface area contributed by atoms with Gasteiger partial charge in [0, 0.05) is 19.8 Å². The lowest BCUT2D eigenvalue weighted by atomic mass is 10.1. The molecule has 1 aromatic carbocycles. The number of aryl methyl sites for hydroxylation is 1. The zero-order valence-electron chi connectivity index (χ0n) is 8.80. The van der Waals surface area contributed by atoms with Gasteiger partial charge in [0.2, 0.25) is 0 Å². The summed E-state index contributed by atoms with van der Waals surface area (Å²) in [6.45, 7) is 0.645. The molecule has 0 heterocycles. The number of hydrogen-bond donors (Lipinski definition) is 0. The Bertz CT molecular complexity index is 402. The van der Waals surface area contributed by atoms with Crippen molar-refractivity contribution in [2.75, 3.05) is 13.7 Å².